The van der Waals surface area contributed by atoms with Gasteiger partial charge in [-0.15, -0.1) is 0 Å². The van der Waals surface area contributed by atoms with E-state index in [0.717, 1.165) is 6.42 Å². The molecule has 10 heavy (non-hydrogen) atoms. The molecule has 1 atom stereocenters. The van der Waals surface area contributed by atoms with Crippen LogP contribution in [0.3, 0.4) is 0 Å². The zero-order valence-electron chi connectivity index (χ0n) is 6.81. The van der Waals surface area contributed by atoms with Gasteiger partial charge in [-0.3, -0.25) is 4.79 Å². The van der Waals surface area contributed by atoms with Gasteiger partial charge in [-0.05, 0) is 6.42 Å². The molecule has 0 aliphatic rings. The van der Waals surface area contributed by atoms with Crippen molar-refractivity contribution in [2.75, 3.05) is 0 Å². The van der Waals surface area contributed by atoms with Gasteiger partial charge in [-0.1, -0.05) is 20.4 Å². The first kappa shape index (κ1) is 9.21. The fraction of sp³-hybridized carbons (Fsp3) is 0.625. The summed E-state index contributed by atoms with van der Waals surface area (Å²) in [5.74, 6) is 0.546. The van der Waals surface area contributed by atoms with Crippen molar-refractivity contribution in [3.8, 4) is 0 Å². The summed E-state index contributed by atoms with van der Waals surface area (Å²) in [6.07, 6.45) is 0.951. The Morgan fingerprint density at radius 3 is 2.50 bits per heavy atom. The number of ether oxygens (including phenoxy) is 1. The van der Waals surface area contributed by atoms with Gasteiger partial charge in [0.25, 0.3) is 0 Å². The minimum atomic E-state index is -0.287. The monoisotopic (exact) mass is 142 g/mol. The zero-order chi connectivity index (χ0) is 8.15. The summed E-state index contributed by atoms with van der Waals surface area (Å²) < 4.78 is 4.77. The molecule has 0 aliphatic carbocycles. The normalized spacial score (nSPS) is 12.3. The molecule has 0 aliphatic heterocycles. The van der Waals surface area contributed by atoms with E-state index in [2.05, 4.69) is 6.58 Å². The number of rotatable bonds is 3. The molecule has 0 spiro atoms. The van der Waals surface area contributed by atoms with Gasteiger partial charge in [0.2, 0.25) is 0 Å². The van der Waals surface area contributed by atoms with Gasteiger partial charge in [0, 0.05) is 12.8 Å². The van der Waals surface area contributed by atoms with Crippen molar-refractivity contribution >= 4 is 5.97 Å². The second kappa shape index (κ2) is 4.09. The molecular formula is C8H14O2. The van der Waals surface area contributed by atoms with Crippen molar-refractivity contribution in [2.24, 2.45) is 5.92 Å². The topological polar surface area (TPSA) is 26.3 Å². The summed E-state index contributed by atoms with van der Waals surface area (Å²) in [5.41, 5.74) is 0. The molecule has 0 radical (unpaired) electrons. The molecule has 0 amide bonds. The van der Waals surface area contributed by atoms with Crippen LogP contribution >= 0.6 is 0 Å². The van der Waals surface area contributed by atoms with Gasteiger partial charge >= 0.3 is 5.97 Å². The van der Waals surface area contributed by atoms with E-state index >= 15 is 0 Å². The molecule has 0 bridgehead atoms. The van der Waals surface area contributed by atoms with Crippen molar-refractivity contribution in [2.45, 2.75) is 27.2 Å². The highest BCUT2D eigenvalue weighted by Gasteiger charge is 2.06. The molecule has 0 aromatic heterocycles. The van der Waals surface area contributed by atoms with Crippen LogP contribution in [0.4, 0.5) is 0 Å². The van der Waals surface area contributed by atoms with Crippen LogP contribution in [0.5, 0.6) is 0 Å². The maximum Gasteiger partial charge on any atom is 0.307 e. The SMILES string of the molecule is C=C(OC(C)=O)C(C)CC. The quantitative estimate of drug-likeness (QED) is 0.445. The van der Waals surface area contributed by atoms with Crippen molar-refractivity contribution in [1.82, 2.24) is 0 Å². The van der Waals surface area contributed by atoms with Gasteiger partial charge in [0.1, 0.15) is 5.76 Å². The Kier molecular flexibility index (Phi) is 3.77. The van der Waals surface area contributed by atoms with Crippen LogP contribution < -0.4 is 0 Å². The second-order valence-electron chi connectivity index (χ2n) is 2.37. The van der Waals surface area contributed by atoms with Crippen LogP contribution in [-0.4, -0.2) is 5.97 Å². The smallest absolute Gasteiger partial charge is 0.307 e. The van der Waals surface area contributed by atoms with Gasteiger partial charge in [-0.2, -0.15) is 0 Å². The fourth-order valence-corrected chi connectivity index (χ4v) is 0.513. The fourth-order valence-electron chi connectivity index (χ4n) is 0.513. The van der Waals surface area contributed by atoms with E-state index in [-0.39, 0.29) is 11.9 Å². The standard InChI is InChI=1S/C8H14O2/c1-5-6(2)7(3)10-8(4)9/h6H,3,5H2,1-2,4H3. The van der Waals surface area contributed by atoms with E-state index in [4.69, 9.17) is 4.74 Å². The maximum absolute atomic E-state index is 10.4. The number of carbonyl (C=O) groups excluding carboxylic acids is 1. The van der Waals surface area contributed by atoms with Crippen molar-refractivity contribution < 1.29 is 9.53 Å². The predicted octanol–water partition coefficient (Wildman–Crippen LogP) is 2.11. The van der Waals surface area contributed by atoms with Gasteiger partial charge in [-0.25, -0.2) is 0 Å². The minimum absolute atomic E-state index is 0.267. The van der Waals surface area contributed by atoms with Gasteiger partial charge < -0.3 is 4.74 Å². The van der Waals surface area contributed by atoms with Crippen molar-refractivity contribution in [3.63, 3.8) is 0 Å². The average molecular weight is 142 g/mol. The summed E-state index contributed by atoms with van der Waals surface area (Å²) >= 11 is 0. The zero-order valence-corrected chi connectivity index (χ0v) is 6.81. The molecule has 0 saturated carbocycles. The number of hydrogen-bond donors (Lipinski definition) is 0. The maximum atomic E-state index is 10.4. The lowest BCUT2D eigenvalue weighted by Gasteiger charge is -2.10. The Morgan fingerprint density at radius 2 is 2.20 bits per heavy atom. The molecule has 0 N–H and O–H groups in total. The number of allylic oxidation sites excluding steroid dienone is 1. The van der Waals surface area contributed by atoms with Crippen LogP contribution in [0.2, 0.25) is 0 Å². The average Bonchev–Trinajstić information content (AvgIpc) is 1.85. The lowest BCUT2D eigenvalue weighted by Crippen LogP contribution is -2.04. The largest absolute Gasteiger partial charge is 0.432 e. The van der Waals surface area contributed by atoms with E-state index in [1.807, 2.05) is 13.8 Å². The molecular weight excluding hydrogens is 128 g/mol. The van der Waals surface area contributed by atoms with E-state index in [1.54, 1.807) is 0 Å². The Labute approximate surface area is 61.9 Å². The van der Waals surface area contributed by atoms with Crippen LogP contribution in [0.25, 0.3) is 0 Å². The lowest BCUT2D eigenvalue weighted by molar-refractivity contribution is -0.137. The highest BCUT2D eigenvalue weighted by molar-refractivity contribution is 5.67. The molecule has 0 aromatic carbocycles. The molecule has 1 unspecified atom stereocenters. The van der Waals surface area contributed by atoms with Crippen molar-refractivity contribution in [3.05, 3.63) is 12.3 Å². The first-order valence-corrected chi connectivity index (χ1v) is 3.45. The Balaban J connectivity index is 3.73. The molecule has 0 saturated heterocycles. The summed E-state index contributed by atoms with van der Waals surface area (Å²) in [6.45, 7) is 9.01. The third-order valence-electron chi connectivity index (χ3n) is 1.44. The van der Waals surface area contributed by atoms with E-state index < -0.39 is 0 Å². The highest BCUT2D eigenvalue weighted by atomic mass is 16.5. The first-order chi connectivity index (χ1) is 4.57. The van der Waals surface area contributed by atoms with E-state index in [0.29, 0.717) is 5.76 Å². The molecule has 0 rings (SSSR count). The molecule has 58 valence electrons. The van der Waals surface area contributed by atoms with Crippen LogP contribution in [-0.2, 0) is 9.53 Å². The summed E-state index contributed by atoms with van der Waals surface area (Å²) in [7, 11) is 0. The summed E-state index contributed by atoms with van der Waals surface area (Å²) in [5, 5.41) is 0. The summed E-state index contributed by atoms with van der Waals surface area (Å²) in [6, 6.07) is 0. The first-order valence-electron chi connectivity index (χ1n) is 3.45. The Bertz CT molecular complexity index is 138. The minimum Gasteiger partial charge on any atom is -0.432 e. The van der Waals surface area contributed by atoms with Crippen LogP contribution in [0, 0.1) is 5.92 Å². The predicted molar refractivity (Wildman–Crippen MR) is 40.4 cm³/mol. The number of carbonyl (C=O) groups is 1. The lowest BCUT2D eigenvalue weighted by atomic mass is 10.1. The van der Waals surface area contributed by atoms with Gasteiger partial charge in [0.05, 0.1) is 0 Å². The van der Waals surface area contributed by atoms with Crippen molar-refractivity contribution in [1.29, 1.82) is 0 Å². The third kappa shape index (κ3) is 3.28. The Hall–Kier alpha value is -0.790. The summed E-state index contributed by atoms with van der Waals surface area (Å²) in [4.78, 5) is 10.4. The molecule has 0 heterocycles. The number of esters is 1. The third-order valence-corrected chi connectivity index (χ3v) is 1.44. The van der Waals surface area contributed by atoms with Crippen LogP contribution in [0.15, 0.2) is 12.3 Å². The van der Waals surface area contributed by atoms with E-state index in [9.17, 15) is 4.79 Å². The van der Waals surface area contributed by atoms with Gasteiger partial charge in [0.15, 0.2) is 0 Å². The molecule has 2 nitrogen and oxygen atoms in total. The number of hydrogen-bond acceptors (Lipinski definition) is 2. The molecule has 2 heteroatoms. The Morgan fingerprint density at radius 1 is 1.70 bits per heavy atom. The van der Waals surface area contributed by atoms with Crippen LogP contribution in [0.1, 0.15) is 27.2 Å². The molecule has 0 fully saturated rings. The van der Waals surface area contributed by atoms with E-state index in [1.165, 1.54) is 6.92 Å². The molecule has 0 aromatic rings. The second-order valence-corrected chi connectivity index (χ2v) is 2.37. The highest BCUT2D eigenvalue weighted by Crippen LogP contribution is 2.12.